The third kappa shape index (κ3) is 9.61. The van der Waals surface area contributed by atoms with Crippen LogP contribution in [0, 0.1) is 0 Å². The van der Waals surface area contributed by atoms with Crippen LogP contribution >= 0.6 is 0 Å². The van der Waals surface area contributed by atoms with Crippen molar-refractivity contribution in [2.24, 2.45) is 4.99 Å². The maximum atomic E-state index is 12.3. The van der Waals surface area contributed by atoms with Crippen LogP contribution in [0.2, 0.25) is 0 Å². The van der Waals surface area contributed by atoms with Crippen molar-refractivity contribution < 1.29 is 19.1 Å². The van der Waals surface area contributed by atoms with E-state index in [4.69, 9.17) is 9.47 Å². The Hall–Kier alpha value is -4.99. The molecule has 10 nitrogen and oxygen atoms in total. The number of carbonyl (C=O) groups excluding carboxylic acids is 2. The van der Waals surface area contributed by atoms with Gasteiger partial charge in [0.15, 0.2) is 0 Å². The van der Waals surface area contributed by atoms with Gasteiger partial charge in [-0.3, -0.25) is 4.99 Å². The van der Waals surface area contributed by atoms with Crippen molar-refractivity contribution in [2.45, 2.75) is 52.2 Å². The molecule has 2 atom stereocenters. The summed E-state index contributed by atoms with van der Waals surface area (Å²) < 4.78 is 14.6. The van der Waals surface area contributed by atoms with E-state index in [0.717, 1.165) is 11.1 Å². The number of hydrogen-bond donors (Lipinski definition) is 1. The second-order valence-electron chi connectivity index (χ2n) is 9.48. The van der Waals surface area contributed by atoms with E-state index in [9.17, 15) is 9.59 Å². The largest absolute Gasteiger partial charge is 0.458 e. The maximum Gasteiger partial charge on any atom is 0.330 e. The summed E-state index contributed by atoms with van der Waals surface area (Å²) in [5, 5.41) is 2.93. The molecule has 0 amide bonds. The number of aromatic nitrogens is 4. The van der Waals surface area contributed by atoms with Crippen LogP contribution in [0.5, 0.6) is 0 Å². The molecule has 0 saturated carbocycles. The first-order chi connectivity index (χ1) is 20.0. The third-order valence-electron chi connectivity index (χ3n) is 6.05. The van der Waals surface area contributed by atoms with E-state index in [0.29, 0.717) is 24.5 Å². The summed E-state index contributed by atoms with van der Waals surface area (Å²) in [7, 11) is 0. The van der Waals surface area contributed by atoms with Gasteiger partial charge >= 0.3 is 11.9 Å². The number of esters is 2. The molecule has 4 aromatic rings. The van der Waals surface area contributed by atoms with E-state index >= 15 is 0 Å². The number of nitrogens with zero attached hydrogens (tertiary/aromatic N) is 5. The van der Waals surface area contributed by atoms with Gasteiger partial charge in [0, 0.05) is 31.7 Å². The number of carbonyl (C=O) groups is 2. The van der Waals surface area contributed by atoms with Crippen molar-refractivity contribution in [3.05, 3.63) is 121 Å². The number of ether oxygens (including phenoxy) is 2. The summed E-state index contributed by atoms with van der Waals surface area (Å²) in [5.74, 6) is -0.865. The van der Waals surface area contributed by atoms with Crippen molar-refractivity contribution in [1.29, 1.82) is 0 Å². The highest BCUT2D eigenvalue weighted by Crippen LogP contribution is 2.07. The number of rotatable bonds is 14. The molecule has 1 N–H and O–H groups in total. The van der Waals surface area contributed by atoms with Gasteiger partial charge in [0.05, 0.1) is 24.0 Å². The molecule has 0 radical (unpaired) electrons. The molecular formula is C31H34N6O4. The van der Waals surface area contributed by atoms with Gasteiger partial charge < -0.3 is 23.9 Å². The highest BCUT2D eigenvalue weighted by Gasteiger charge is 2.14. The van der Waals surface area contributed by atoms with Gasteiger partial charge in [-0.25, -0.2) is 19.6 Å². The van der Waals surface area contributed by atoms with E-state index in [2.05, 4.69) is 20.3 Å². The lowest BCUT2D eigenvalue weighted by atomic mass is 10.2. The van der Waals surface area contributed by atoms with Crippen molar-refractivity contribution in [3.63, 3.8) is 0 Å². The van der Waals surface area contributed by atoms with Gasteiger partial charge in [-0.05, 0) is 37.3 Å². The lowest BCUT2D eigenvalue weighted by molar-refractivity contribution is -0.147. The Kier molecular flexibility index (Phi) is 10.6. The Morgan fingerprint density at radius 1 is 0.829 bits per heavy atom. The Bertz CT molecular complexity index is 1450. The third-order valence-corrected chi connectivity index (χ3v) is 6.05. The molecule has 2 heterocycles. The normalized spacial score (nSPS) is 12.8. The van der Waals surface area contributed by atoms with Crippen LogP contribution in [0.15, 0.2) is 103 Å². The zero-order valence-electron chi connectivity index (χ0n) is 23.2. The van der Waals surface area contributed by atoms with Crippen molar-refractivity contribution in [3.8, 4) is 0 Å². The van der Waals surface area contributed by atoms with Crippen LogP contribution in [0.25, 0.3) is 0 Å². The molecule has 10 heteroatoms. The highest BCUT2D eigenvalue weighted by molar-refractivity contribution is 5.80. The Morgan fingerprint density at radius 3 is 1.88 bits per heavy atom. The number of nitrogens with one attached hydrogen (secondary N) is 1. The summed E-state index contributed by atoms with van der Waals surface area (Å²) >= 11 is 0. The summed E-state index contributed by atoms with van der Waals surface area (Å²) in [5.41, 5.74) is 3.66. The minimum absolute atomic E-state index is 0.0742. The first-order valence-corrected chi connectivity index (χ1v) is 13.3. The number of aliphatic imine (C=N–C) groups is 1. The molecule has 0 saturated heterocycles. The van der Waals surface area contributed by atoms with Gasteiger partial charge in [0.2, 0.25) is 0 Å². The number of benzene rings is 2. The van der Waals surface area contributed by atoms with Gasteiger partial charge in [-0.1, -0.05) is 60.7 Å². The molecule has 0 fully saturated rings. The second kappa shape index (κ2) is 15.0. The molecule has 41 heavy (non-hydrogen) atoms. The van der Waals surface area contributed by atoms with E-state index < -0.39 is 24.0 Å². The lowest BCUT2D eigenvalue weighted by Crippen LogP contribution is -2.31. The Morgan fingerprint density at radius 2 is 1.34 bits per heavy atom. The maximum absolute atomic E-state index is 12.3. The van der Waals surface area contributed by atoms with Crippen LogP contribution in [0.3, 0.4) is 0 Å². The first kappa shape index (κ1) is 29.0. The van der Waals surface area contributed by atoms with Gasteiger partial charge in [0.25, 0.3) is 0 Å². The van der Waals surface area contributed by atoms with E-state index in [1.807, 2.05) is 82.2 Å². The summed E-state index contributed by atoms with van der Waals surface area (Å²) in [6.45, 7) is 4.90. The minimum atomic E-state index is -0.685. The first-order valence-electron chi connectivity index (χ1n) is 13.3. The molecule has 212 valence electrons. The van der Waals surface area contributed by atoms with Crippen LogP contribution in [-0.4, -0.2) is 49.3 Å². The fraction of sp³-hybridized carbons (Fsp3) is 0.258. The van der Waals surface area contributed by atoms with Crippen LogP contribution in [-0.2, 0) is 45.4 Å². The molecule has 0 aliphatic heterocycles. The zero-order chi connectivity index (χ0) is 28.9. The van der Waals surface area contributed by atoms with Gasteiger partial charge in [0.1, 0.15) is 25.3 Å². The fourth-order valence-electron chi connectivity index (χ4n) is 3.81. The van der Waals surface area contributed by atoms with E-state index in [-0.39, 0.29) is 13.2 Å². The highest BCUT2D eigenvalue weighted by atomic mass is 16.5. The fourth-order valence-corrected chi connectivity index (χ4v) is 3.81. The average Bonchev–Trinajstić information content (AvgIpc) is 3.64. The molecule has 0 aliphatic rings. The molecule has 2 aromatic carbocycles. The molecule has 4 rings (SSSR count). The van der Waals surface area contributed by atoms with Gasteiger partial charge in [-0.15, -0.1) is 0 Å². The van der Waals surface area contributed by atoms with Crippen LogP contribution in [0.1, 0.15) is 36.4 Å². The molecule has 0 spiro atoms. The predicted octanol–water partition coefficient (Wildman–Crippen LogP) is 3.91. The Labute approximate surface area is 239 Å². The average molecular weight is 555 g/mol. The van der Waals surface area contributed by atoms with Crippen molar-refractivity contribution in [2.75, 3.05) is 0 Å². The predicted molar refractivity (Wildman–Crippen MR) is 155 cm³/mol. The SMILES string of the molecule is C[C@H](N=C/C=C/N[C@@H](C)C(=O)OCc1cn(Cc2ccccc2)cn1)C(=O)OCc1cn(Cc2ccccc2)cn1. The van der Waals surface area contributed by atoms with E-state index in [1.54, 1.807) is 38.8 Å². The second-order valence-corrected chi connectivity index (χ2v) is 9.48. The monoisotopic (exact) mass is 554 g/mol. The number of hydrogen-bond acceptors (Lipinski definition) is 8. The number of allylic oxidation sites excluding steroid dienone is 1. The van der Waals surface area contributed by atoms with Gasteiger partial charge in [-0.2, -0.15) is 0 Å². The van der Waals surface area contributed by atoms with Crippen molar-refractivity contribution in [1.82, 2.24) is 24.4 Å². The summed E-state index contributed by atoms with van der Waals surface area (Å²) in [6, 6.07) is 18.8. The number of imidazole rings is 2. The lowest BCUT2D eigenvalue weighted by Gasteiger charge is -2.10. The van der Waals surface area contributed by atoms with Crippen LogP contribution < -0.4 is 5.32 Å². The summed E-state index contributed by atoms with van der Waals surface area (Å²) in [4.78, 5) is 37.3. The minimum Gasteiger partial charge on any atom is -0.458 e. The molecular weight excluding hydrogens is 520 g/mol. The molecule has 0 unspecified atom stereocenters. The van der Waals surface area contributed by atoms with Crippen molar-refractivity contribution >= 4 is 18.2 Å². The molecule has 0 bridgehead atoms. The summed E-state index contributed by atoms with van der Waals surface area (Å²) in [6.07, 6.45) is 11.8. The smallest absolute Gasteiger partial charge is 0.330 e. The van der Waals surface area contributed by atoms with Crippen LogP contribution in [0.4, 0.5) is 0 Å². The quantitative estimate of drug-likeness (QED) is 0.186. The zero-order valence-corrected chi connectivity index (χ0v) is 23.2. The topological polar surface area (TPSA) is 113 Å². The molecule has 2 aromatic heterocycles. The Balaban J connectivity index is 1.11. The molecule has 0 aliphatic carbocycles. The van der Waals surface area contributed by atoms with E-state index in [1.165, 1.54) is 6.21 Å². The standard InChI is InChI=1S/C31H34N6O4/c1-24(30(38)40-20-28-18-36(22-34-28)16-26-10-5-3-6-11-26)32-14-9-15-33-25(2)31(39)41-21-29-19-37(23-35-29)17-27-12-7-4-8-13-27/h3-15,18-19,22-25,32H,16-17,20-21H2,1-2H3/b14-9+,33-15?/t24-,25-/m0/s1.